The Morgan fingerprint density at radius 2 is 1.67 bits per heavy atom. The van der Waals surface area contributed by atoms with E-state index in [1.165, 1.54) is 27.6 Å². The molecule has 3 saturated heterocycles. The van der Waals surface area contributed by atoms with Gasteiger partial charge in [0.05, 0.1) is 56.1 Å². The Morgan fingerprint density at radius 1 is 0.971 bits per heavy atom. The summed E-state index contributed by atoms with van der Waals surface area (Å²) < 4.78 is 0. The second kappa shape index (κ2) is 22.6. The number of halogens is 1. The molecule has 0 saturated carbocycles. The summed E-state index contributed by atoms with van der Waals surface area (Å²) in [6.45, 7) is 17.7. The number of amides is 2. The molecule has 1 unspecified atom stereocenters. The van der Waals surface area contributed by atoms with Crippen molar-refractivity contribution >= 4 is 64.6 Å². The fourth-order valence-electron chi connectivity index (χ4n) is 10.6. The van der Waals surface area contributed by atoms with E-state index in [0.29, 0.717) is 41.9 Å². The Kier molecular flexibility index (Phi) is 16.8. The maximum Gasteiger partial charge on any atom is 0.233 e. The lowest BCUT2D eigenvalue weighted by Crippen LogP contribution is -2.43. The predicted octanol–water partition coefficient (Wildman–Crippen LogP) is 9.71. The molecule has 4 aliphatic heterocycles. The van der Waals surface area contributed by atoms with Crippen molar-refractivity contribution in [2.75, 3.05) is 57.8 Å². The third-order valence-electron chi connectivity index (χ3n) is 14.6. The average molecular weight is 978 g/mol. The molecule has 4 aliphatic rings. The van der Waals surface area contributed by atoms with Gasteiger partial charge in [-0.15, -0.1) is 11.3 Å². The van der Waals surface area contributed by atoms with Crippen molar-refractivity contribution in [1.82, 2.24) is 25.0 Å². The number of β-amino-alcohol motifs (C(OH)–C–C–N with tert-alkyl or cyclic N) is 1. The van der Waals surface area contributed by atoms with Crippen LogP contribution in [0, 0.1) is 30.1 Å². The Morgan fingerprint density at radius 3 is 2.26 bits per heavy atom. The zero-order valence-corrected chi connectivity index (χ0v) is 42.7. The van der Waals surface area contributed by atoms with Gasteiger partial charge in [-0.25, -0.2) is 4.98 Å². The molecule has 0 radical (unpaired) electrons. The number of aliphatic hydroxyl groups excluding tert-OH is 2. The minimum atomic E-state index is -0.711. The van der Waals surface area contributed by atoms with Crippen LogP contribution >= 0.6 is 22.9 Å². The van der Waals surface area contributed by atoms with Crippen molar-refractivity contribution in [2.45, 2.75) is 97.1 Å². The molecular formula is C54H69ClN8O5S. The van der Waals surface area contributed by atoms with E-state index in [4.69, 9.17) is 22.0 Å². The number of anilines is 2. The molecule has 3 fully saturated rings. The largest absolute Gasteiger partial charge is 0.511 e. The maximum absolute atomic E-state index is 13.2. The molecular weight excluding hydrogens is 908 g/mol. The van der Waals surface area contributed by atoms with Crippen LogP contribution in [0.5, 0.6) is 0 Å². The molecule has 3 aromatic carbocycles. The van der Waals surface area contributed by atoms with Crippen molar-refractivity contribution < 1.29 is 24.6 Å². The third-order valence-corrected chi connectivity index (χ3v) is 15.9. The molecule has 2 amide bonds. The Balaban J connectivity index is 0.000000347. The Labute approximate surface area is 416 Å². The lowest BCUT2D eigenvalue weighted by atomic mass is 9.81. The maximum atomic E-state index is 13.2. The van der Waals surface area contributed by atoms with E-state index in [-0.39, 0.29) is 34.9 Å². The first kappa shape index (κ1) is 51.4. The normalized spacial score (nSPS) is 20.4. The molecule has 0 aliphatic carbocycles. The van der Waals surface area contributed by atoms with E-state index >= 15 is 0 Å². The second-order valence-electron chi connectivity index (χ2n) is 19.9. The molecule has 69 heavy (non-hydrogen) atoms. The van der Waals surface area contributed by atoms with E-state index in [0.717, 1.165) is 99.6 Å². The molecule has 5 heterocycles. The van der Waals surface area contributed by atoms with Gasteiger partial charge < -0.3 is 30.2 Å². The number of likely N-dealkylation sites (tertiary alicyclic amines) is 3. The van der Waals surface area contributed by atoms with Crippen LogP contribution in [0.25, 0.3) is 10.4 Å². The number of hydrogen-bond donors (Lipinski definition) is 4. The SMILES string of the molecule is CN=C1N(c2cccc(Cl)c2C=O)c2ccc(C3CCN(CC4CCN(C(=N)/C=C(\O)[C@H](C(=O)N5CCC(O)C5)C(C)C)CC4)CC3)cc2C1(C)C.Cc1ncsc1-c1ccc([C@H](C)NC=O)cc1. The van der Waals surface area contributed by atoms with Gasteiger partial charge in [-0.05, 0) is 131 Å². The number of aromatic nitrogens is 1. The summed E-state index contributed by atoms with van der Waals surface area (Å²) in [5, 5.41) is 32.8. The van der Waals surface area contributed by atoms with Gasteiger partial charge in [-0.2, -0.15) is 0 Å². The number of aliphatic imine (C=N–C) groups is 1. The number of aryl methyl sites for hydroxylation is 1. The standard InChI is InChI=1S/C41H55ClN6O4.C13H14N2OS/c1-26(2)38(39(52)47-20-15-30(50)24-47)36(51)22-37(43)46-18-11-27(12-19-46)23-45-16-13-28(14-17-45)29-9-10-35-32(21-29)41(3,4)40(44-5)48(35)34-8-6-7-33(42)31(34)25-49;1-9(14-7-16)11-3-5-12(6-4-11)13-10(2)15-8-17-13/h6-10,21-22,25-28,30,38,43,50-51H,11-20,23-24H2,1-5H3;3-9H,1-2H3,(H,14,16)/b36-22-,43-37?,44-40?;/t30?,38-;9-/m10/s1. The first-order chi connectivity index (χ1) is 33.1. The first-order valence-corrected chi connectivity index (χ1v) is 25.6. The number of aldehydes is 1. The smallest absolute Gasteiger partial charge is 0.233 e. The number of nitrogens with one attached hydrogen (secondary N) is 2. The van der Waals surface area contributed by atoms with Crippen LogP contribution in [0.4, 0.5) is 11.4 Å². The topological polar surface area (TPSA) is 166 Å². The molecule has 0 spiro atoms. The van der Waals surface area contributed by atoms with Crippen LogP contribution < -0.4 is 10.2 Å². The Bertz CT molecular complexity index is 2530. The number of carbonyl (C=O) groups is 3. The number of hydrogen-bond acceptors (Lipinski definition) is 10. The Hall–Kier alpha value is -5.41. The van der Waals surface area contributed by atoms with Crippen LogP contribution in [0.2, 0.25) is 5.02 Å². The molecule has 13 nitrogen and oxygen atoms in total. The number of benzene rings is 3. The molecule has 368 valence electrons. The summed E-state index contributed by atoms with van der Waals surface area (Å²) >= 11 is 8.08. The van der Waals surface area contributed by atoms with E-state index < -0.39 is 12.0 Å². The van der Waals surface area contributed by atoms with Crippen LogP contribution in [-0.4, -0.2) is 119 Å². The molecule has 8 rings (SSSR count). The van der Waals surface area contributed by atoms with Gasteiger partial charge in [0.1, 0.15) is 17.4 Å². The van der Waals surface area contributed by atoms with Crippen molar-refractivity contribution in [3.8, 4) is 10.4 Å². The van der Waals surface area contributed by atoms with Gasteiger partial charge in [-0.3, -0.25) is 29.7 Å². The third kappa shape index (κ3) is 11.5. The number of amidine groups is 2. The quantitative estimate of drug-likeness (QED) is 0.0442. The minimum absolute atomic E-state index is 0.0455. The highest BCUT2D eigenvalue weighted by Crippen LogP contribution is 2.49. The zero-order valence-electron chi connectivity index (χ0n) is 41.1. The summed E-state index contributed by atoms with van der Waals surface area (Å²) in [7, 11) is 1.81. The summed E-state index contributed by atoms with van der Waals surface area (Å²) in [6, 6.07) is 20.6. The number of carbonyl (C=O) groups excluding carboxylic acids is 3. The fourth-order valence-corrected chi connectivity index (χ4v) is 11.6. The van der Waals surface area contributed by atoms with Crippen molar-refractivity contribution in [3.05, 3.63) is 111 Å². The lowest BCUT2D eigenvalue weighted by molar-refractivity contribution is -0.135. The van der Waals surface area contributed by atoms with Crippen LogP contribution in [0.15, 0.2) is 83.0 Å². The molecule has 4 N–H and O–H groups in total. The molecule has 4 aromatic rings. The van der Waals surface area contributed by atoms with E-state index in [1.807, 2.05) is 69.4 Å². The van der Waals surface area contributed by atoms with Crippen LogP contribution in [0.1, 0.15) is 111 Å². The number of thiazole rings is 1. The van der Waals surface area contributed by atoms with E-state index in [9.17, 15) is 24.6 Å². The van der Waals surface area contributed by atoms with Gasteiger partial charge in [0.2, 0.25) is 12.3 Å². The molecule has 15 heteroatoms. The second-order valence-corrected chi connectivity index (χ2v) is 21.1. The molecule has 0 bridgehead atoms. The number of aliphatic hydroxyl groups is 2. The number of piperidine rings is 2. The van der Waals surface area contributed by atoms with E-state index in [2.05, 4.69) is 64.3 Å². The predicted molar refractivity (Wildman–Crippen MR) is 278 cm³/mol. The number of fused-ring (bicyclic) bond motifs is 1. The molecule has 3 atom stereocenters. The van der Waals surface area contributed by atoms with E-state index in [1.54, 1.807) is 22.3 Å². The van der Waals surface area contributed by atoms with Gasteiger partial charge in [0.25, 0.3) is 0 Å². The summed E-state index contributed by atoms with van der Waals surface area (Å²) in [4.78, 5) is 54.1. The summed E-state index contributed by atoms with van der Waals surface area (Å²) in [6.07, 6.45) is 7.25. The average Bonchev–Trinajstić information content (AvgIpc) is 4.04. The van der Waals surface area contributed by atoms with Crippen molar-refractivity contribution in [3.63, 3.8) is 0 Å². The highest BCUT2D eigenvalue weighted by molar-refractivity contribution is 7.13. The lowest BCUT2D eigenvalue weighted by Gasteiger charge is -2.38. The molecule has 1 aromatic heterocycles. The van der Waals surface area contributed by atoms with Gasteiger partial charge >= 0.3 is 0 Å². The highest BCUT2D eigenvalue weighted by Gasteiger charge is 2.43. The van der Waals surface area contributed by atoms with Crippen LogP contribution in [-0.2, 0) is 15.0 Å². The number of rotatable bonds is 13. The minimum Gasteiger partial charge on any atom is -0.511 e. The van der Waals surface area contributed by atoms with Crippen molar-refractivity contribution in [1.29, 1.82) is 5.41 Å². The monoisotopic (exact) mass is 976 g/mol. The number of nitrogens with zero attached hydrogens (tertiary/aromatic N) is 6. The highest BCUT2D eigenvalue weighted by atomic mass is 35.5. The summed E-state index contributed by atoms with van der Waals surface area (Å²) in [5.41, 5.74) is 9.67. The van der Waals surface area contributed by atoms with Gasteiger partial charge in [-0.1, -0.05) is 67.9 Å². The first-order valence-electron chi connectivity index (χ1n) is 24.3. The zero-order chi connectivity index (χ0) is 49.6. The van der Waals surface area contributed by atoms with Crippen molar-refractivity contribution in [2.24, 2.45) is 22.7 Å². The van der Waals surface area contributed by atoms with Gasteiger partial charge in [0, 0.05) is 51.3 Å². The van der Waals surface area contributed by atoms with Crippen LogP contribution in [0.3, 0.4) is 0 Å². The summed E-state index contributed by atoms with van der Waals surface area (Å²) in [5.74, 6) is 1.12. The van der Waals surface area contributed by atoms with Gasteiger partial charge in [0.15, 0.2) is 6.29 Å². The fraction of sp³-hybridized carbons (Fsp3) is 0.481.